The number of para-hydroxylation sites is 1. The van der Waals surface area contributed by atoms with E-state index in [2.05, 4.69) is 15.3 Å². The van der Waals surface area contributed by atoms with E-state index in [4.69, 9.17) is 9.15 Å². The highest BCUT2D eigenvalue weighted by molar-refractivity contribution is 6.05. The molecule has 0 fully saturated rings. The van der Waals surface area contributed by atoms with Crippen LogP contribution < -0.4 is 15.6 Å². The molecule has 4 rings (SSSR count). The summed E-state index contributed by atoms with van der Waals surface area (Å²) < 4.78 is 25.2. The van der Waals surface area contributed by atoms with Crippen LogP contribution in [0.3, 0.4) is 0 Å². The minimum Gasteiger partial charge on any atom is -0.493 e. The van der Waals surface area contributed by atoms with Gasteiger partial charge in [-0.15, -0.1) is 0 Å². The number of nitrogens with zero attached hydrogens (tertiary/aromatic N) is 2. The number of hydrogen-bond acceptors (Lipinski definition) is 5. The lowest BCUT2D eigenvalue weighted by molar-refractivity contribution is 0.102. The molecule has 0 aliphatic rings. The van der Waals surface area contributed by atoms with E-state index in [9.17, 15) is 9.18 Å². The molecule has 2 aromatic carbocycles. The number of nitrogens with one attached hydrogen (secondary N) is 1. The lowest BCUT2D eigenvalue weighted by Crippen LogP contribution is -2.22. The van der Waals surface area contributed by atoms with Crippen LogP contribution in [0.5, 0.6) is 5.75 Å². The van der Waals surface area contributed by atoms with E-state index >= 15 is 0 Å². The van der Waals surface area contributed by atoms with Crippen LogP contribution in [0.4, 0.5) is 15.9 Å². The molecule has 4 aromatic rings. The third-order valence-electron chi connectivity index (χ3n) is 4.73. The van der Waals surface area contributed by atoms with Crippen molar-refractivity contribution in [2.24, 2.45) is 4.99 Å². The Kier molecular flexibility index (Phi) is 5.49. The molecule has 1 N–H and O–H groups in total. The topological polar surface area (TPSA) is 76.7 Å². The first kappa shape index (κ1) is 20.3. The summed E-state index contributed by atoms with van der Waals surface area (Å²) in [5.41, 5.74) is 2.53. The van der Waals surface area contributed by atoms with Crippen molar-refractivity contribution in [3.63, 3.8) is 0 Å². The van der Waals surface area contributed by atoms with Crippen molar-refractivity contribution in [3.05, 3.63) is 88.9 Å². The van der Waals surface area contributed by atoms with Crippen LogP contribution >= 0.6 is 0 Å². The monoisotopic (exact) mass is 417 g/mol. The minimum absolute atomic E-state index is 0.0378. The molecule has 2 aromatic heterocycles. The third kappa shape index (κ3) is 4.30. The largest absolute Gasteiger partial charge is 0.493 e. The Morgan fingerprint density at radius 3 is 2.68 bits per heavy atom. The molecule has 156 valence electrons. The maximum absolute atomic E-state index is 13.8. The molecule has 7 heteroatoms. The molecule has 0 radical (unpaired) electrons. The average molecular weight is 417 g/mol. The Morgan fingerprint density at radius 1 is 1.10 bits per heavy atom. The van der Waals surface area contributed by atoms with Crippen molar-refractivity contribution in [2.75, 3.05) is 12.4 Å². The number of carbonyl (C=O) groups is 1. The second kappa shape index (κ2) is 8.39. The van der Waals surface area contributed by atoms with Gasteiger partial charge in [0.15, 0.2) is 11.3 Å². The van der Waals surface area contributed by atoms with Crippen LogP contribution in [0.2, 0.25) is 0 Å². The van der Waals surface area contributed by atoms with Gasteiger partial charge in [0.1, 0.15) is 17.2 Å². The lowest BCUT2D eigenvalue weighted by atomic mass is 10.1. The highest BCUT2D eigenvalue weighted by Gasteiger charge is 2.16. The molecule has 1 amide bonds. The van der Waals surface area contributed by atoms with Gasteiger partial charge in [-0.3, -0.25) is 4.79 Å². The first-order valence-electron chi connectivity index (χ1n) is 9.61. The number of halogens is 1. The summed E-state index contributed by atoms with van der Waals surface area (Å²) in [6.45, 7) is 3.64. The molecule has 0 spiro atoms. The normalized spacial score (nSPS) is 11.5. The number of ether oxygens (including phenoxy) is 1. The summed E-state index contributed by atoms with van der Waals surface area (Å²) in [6.07, 6.45) is 0. The van der Waals surface area contributed by atoms with E-state index in [1.807, 2.05) is 13.0 Å². The van der Waals surface area contributed by atoms with E-state index in [0.29, 0.717) is 28.2 Å². The molecule has 0 bridgehead atoms. The van der Waals surface area contributed by atoms with Crippen LogP contribution in [0.25, 0.3) is 11.0 Å². The molecule has 0 saturated carbocycles. The van der Waals surface area contributed by atoms with Gasteiger partial charge in [0.05, 0.1) is 12.8 Å². The van der Waals surface area contributed by atoms with E-state index in [0.717, 1.165) is 11.3 Å². The number of benzene rings is 2. The third-order valence-corrected chi connectivity index (χ3v) is 4.73. The number of methoxy groups -OCH3 is 1. The van der Waals surface area contributed by atoms with Gasteiger partial charge in [-0.25, -0.2) is 14.4 Å². The van der Waals surface area contributed by atoms with E-state index in [1.54, 1.807) is 49.4 Å². The molecule has 31 heavy (non-hydrogen) atoms. The van der Waals surface area contributed by atoms with Crippen molar-refractivity contribution >= 4 is 28.4 Å². The van der Waals surface area contributed by atoms with Crippen LogP contribution in [0, 0.1) is 19.7 Å². The number of amides is 1. The predicted molar refractivity (Wildman–Crippen MR) is 116 cm³/mol. The Morgan fingerprint density at radius 2 is 1.90 bits per heavy atom. The minimum atomic E-state index is -0.445. The number of fused-ring (bicyclic) bond motifs is 1. The predicted octanol–water partition coefficient (Wildman–Crippen LogP) is 5.08. The number of anilines is 1. The zero-order valence-electron chi connectivity index (χ0n) is 17.3. The standard InChI is InChI=1S/C24H20FN3O3/c1-14-10-11-17(25)13-19(14)27-24-18(23(29)28-21-9-4-6-15(2)26-21)12-16-7-5-8-20(30-3)22(16)31-24/h4-13H,1-3H3,(H,26,28,29). The van der Waals surface area contributed by atoms with Gasteiger partial charge < -0.3 is 14.5 Å². The zero-order chi connectivity index (χ0) is 22.0. The van der Waals surface area contributed by atoms with Gasteiger partial charge >= 0.3 is 0 Å². The van der Waals surface area contributed by atoms with Gasteiger partial charge in [-0.2, -0.15) is 0 Å². The number of hydrogen-bond donors (Lipinski definition) is 1. The van der Waals surface area contributed by atoms with E-state index < -0.39 is 11.7 Å². The van der Waals surface area contributed by atoms with E-state index in [1.165, 1.54) is 19.2 Å². The first-order valence-corrected chi connectivity index (χ1v) is 9.61. The molecule has 0 saturated heterocycles. The second-order valence-electron chi connectivity index (χ2n) is 7.00. The highest BCUT2D eigenvalue weighted by atomic mass is 19.1. The van der Waals surface area contributed by atoms with Crippen molar-refractivity contribution < 1.29 is 18.3 Å². The number of aryl methyl sites for hydroxylation is 2. The average Bonchev–Trinajstić information content (AvgIpc) is 2.75. The SMILES string of the molecule is COc1cccc2cc(C(=O)Nc3cccc(C)n3)c(=Nc3cc(F)ccc3C)oc12. The van der Waals surface area contributed by atoms with Crippen LogP contribution in [0.1, 0.15) is 21.6 Å². The summed E-state index contributed by atoms with van der Waals surface area (Å²) in [5.74, 6) is 0.0258. The summed E-state index contributed by atoms with van der Waals surface area (Å²) >= 11 is 0. The van der Waals surface area contributed by atoms with Gasteiger partial charge in [-0.1, -0.05) is 24.3 Å². The summed E-state index contributed by atoms with van der Waals surface area (Å²) in [7, 11) is 1.53. The van der Waals surface area contributed by atoms with Crippen molar-refractivity contribution in [3.8, 4) is 5.75 Å². The number of rotatable bonds is 4. The maximum atomic E-state index is 13.8. The quantitative estimate of drug-likeness (QED) is 0.503. The Balaban J connectivity index is 1.92. The molecule has 0 atom stereocenters. The number of aromatic nitrogens is 1. The fourth-order valence-electron chi connectivity index (χ4n) is 3.14. The van der Waals surface area contributed by atoms with Crippen LogP contribution in [0.15, 0.2) is 70.1 Å². The van der Waals surface area contributed by atoms with Crippen molar-refractivity contribution in [2.45, 2.75) is 13.8 Å². The molecule has 6 nitrogen and oxygen atoms in total. The van der Waals surface area contributed by atoms with Crippen LogP contribution in [-0.4, -0.2) is 18.0 Å². The lowest BCUT2D eigenvalue weighted by Gasteiger charge is -2.09. The summed E-state index contributed by atoms with van der Waals surface area (Å²) in [4.78, 5) is 21.9. The van der Waals surface area contributed by atoms with Crippen molar-refractivity contribution in [1.82, 2.24) is 4.98 Å². The molecule has 0 aliphatic carbocycles. The molecular weight excluding hydrogens is 397 g/mol. The highest BCUT2D eigenvalue weighted by Crippen LogP contribution is 2.26. The van der Waals surface area contributed by atoms with Crippen LogP contribution in [-0.2, 0) is 0 Å². The van der Waals surface area contributed by atoms with Gasteiger partial charge in [-0.05, 0) is 55.8 Å². The van der Waals surface area contributed by atoms with Gasteiger partial charge in [0, 0.05) is 11.1 Å². The smallest absolute Gasteiger partial charge is 0.262 e. The fourth-order valence-corrected chi connectivity index (χ4v) is 3.14. The number of carbonyl (C=O) groups excluding carboxylic acids is 1. The molecule has 0 unspecified atom stereocenters. The maximum Gasteiger partial charge on any atom is 0.262 e. The van der Waals surface area contributed by atoms with Gasteiger partial charge in [0.25, 0.3) is 5.91 Å². The van der Waals surface area contributed by atoms with Crippen molar-refractivity contribution in [1.29, 1.82) is 0 Å². The van der Waals surface area contributed by atoms with Gasteiger partial charge in [0.2, 0.25) is 5.55 Å². The fraction of sp³-hybridized carbons (Fsp3) is 0.125. The number of pyridine rings is 1. The summed E-state index contributed by atoms with van der Waals surface area (Å²) in [5, 5.41) is 3.43. The molecule has 0 aliphatic heterocycles. The second-order valence-corrected chi connectivity index (χ2v) is 7.00. The first-order chi connectivity index (χ1) is 14.9. The summed E-state index contributed by atoms with van der Waals surface area (Å²) in [6, 6.07) is 16.6. The molecule has 2 heterocycles. The Labute approximate surface area is 178 Å². The Bertz CT molecular complexity index is 1360. The Hall–Kier alpha value is -4.00. The van der Waals surface area contributed by atoms with E-state index in [-0.39, 0.29) is 11.1 Å². The molecular formula is C24H20FN3O3. The zero-order valence-corrected chi connectivity index (χ0v) is 17.3.